The molecule has 3 heteroatoms. The van der Waals surface area contributed by atoms with Gasteiger partial charge in [-0.3, -0.25) is 0 Å². The molecule has 1 saturated heterocycles. The van der Waals surface area contributed by atoms with Crippen LogP contribution in [0.5, 0.6) is 0 Å². The molecule has 1 atom stereocenters. The molecule has 1 N–H and O–H groups in total. The van der Waals surface area contributed by atoms with E-state index in [1.807, 2.05) is 30.3 Å². The third-order valence-corrected chi connectivity index (χ3v) is 2.90. The van der Waals surface area contributed by atoms with Crippen LogP contribution in [0.1, 0.15) is 24.8 Å². The Labute approximate surface area is 96.6 Å². The van der Waals surface area contributed by atoms with E-state index < -0.39 is 0 Å². The molecule has 1 fully saturated rings. The van der Waals surface area contributed by atoms with Crippen molar-refractivity contribution in [3.05, 3.63) is 35.9 Å². The number of ether oxygens (including phenoxy) is 1. The van der Waals surface area contributed by atoms with Gasteiger partial charge in [-0.15, -0.1) is 0 Å². The summed E-state index contributed by atoms with van der Waals surface area (Å²) in [5, 5.41) is 11.2. The van der Waals surface area contributed by atoms with E-state index in [1.165, 1.54) is 11.5 Å². The molecule has 16 heavy (non-hydrogen) atoms. The van der Waals surface area contributed by atoms with Crippen molar-refractivity contribution in [2.75, 3.05) is 13.2 Å². The SMILES string of the molecule is ON(Cc1ccccc1)CC1CCCCO1. The van der Waals surface area contributed by atoms with Gasteiger partial charge in [0.25, 0.3) is 0 Å². The van der Waals surface area contributed by atoms with Crippen LogP contribution in [0.2, 0.25) is 0 Å². The fourth-order valence-corrected chi connectivity index (χ4v) is 2.05. The monoisotopic (exact) mass is 221 g/mol. The minimum Gasteiger partial charge on any atom is -0.377 e. The number of nitrogens with zero attached hydrogens (tertiary/aromatic N) is 1. The van der Waals surface area contributed by atoms with Crippen LogP contribution in [0.4, 0.5) is 0 Å². The predicted molar refractivity (Wildman–Crippen MR) is 62.2 cm³/mol. The topological polar surface area (TPSA) is 32.7 Å². The minimum atomic E-state index is 0.197. The third kappa shape index (κ3) is 3.59. The molecule has 88 valence electrons. The smallest absolute Gasteiger partial charge is 0.0725 e. The molecule has 1 aliphatic heterocycles. The average Bonchev–Trinajstić information content (AvgIpc) is 2.31. The molecule has 1 aromatic carbocycles. The van der Waals surface area contributed by atoms with E-state index in [0.29, 0.717) is 13.1 Å². The quantitative estimate of drug-likeness (QED) is 0.793. The summed E-state index contributed by atoms with van der Waals surface area (Å²) in [6.45, 7) is 2.01. The normalized spacial score (nSPS) is 21.2. The second-order valence-electron chi connectivity index (χ2n) is 4.32. The first-order chi connectivity index (χ1) is 7.84. The lowest BCUT2D eigenvalue weighted by Crippen LogP contribution is -2.33. The highest BCUT2D eigenvalue weighted by Crippen LogP contribution is 2.14. The summed E-state index contributed by atoms with van der Waals surface area (Å²) >= 11 is 0. The first-order valence-corrected chi connectivity index (χ1v) is 5.94. The van der Waals surface area contributed by atoms with Crippen molar-refractivity contribution in [1.82, 2.24) is 5.06 Å². The summed E-state index contributed by atoms with van der Waals surface area (Å²) in [5.74, 6) is 0. The standard InChI is InChI=1S/C13H19NO2/c15-14(10-12-6-2-1-3-7-12)11-13-8-4-5-9-16-13/h1-3,6-7,13,15H,4-5,8-11H2. The minimum absolute atomic E-state index is 0.197. The maximum atomic E-state index is 9.81. The van der Waals surface area contributed by atoms with Gasteiger partial charge in [-0.05, 0) is 24.8 Å². The molecule has 1 heterocycles. The molecule has 0 spiro atoms. The summed E-state index contributed by atoms with van der Waals surface area (Å²) in [6.07, 6.45) is 3.62. The van der Waals surface area contributed by atoms with Crippen LogP contribution in [0, 0.1) is 0 Å². The lowest BCUT2D eigenvalue weighted by atomic mass is 10.1. The largest absolute Gasteiger partial charge is 0.377 e. The van der Waals surface area contributed by atoms with E-state index in [9.17, 15) is 5.21 Å². The van der Waals surface area contributed by atoms with Crippen LogP contribution in [0.3, 0.4) is 0 Å². The Balaban J connectivity index is 1.77. The van der Waals surface area contributed by atoms with Gasteiger partial charge in [-0.2, -0.15) is 5.06 Å². The molecule has 0 saturated carbocycles. The van der Waals surface area contributed by atoms with Gasteiger partial charge >= 0.3 is 0 Å². The van der Waals surface area contributed by atoms with Crippen LogP contribution in [-0.2, 0) is 11.3 Å². The molecule has 0 radical (unpaired) electrons. The van der Waals surface area contributed by atoms with Gasteiger partial charge < -0.3 is 9.94 Å². The average molecular weight is 221 g/mol. The summed E-state index contributed by atoms with van der Waals surface area (Å²) < 4.78 is 5.58. The maximum absolute atomic E-state index is 9.81. The van der Waals surface area contributed by atoms with Crippen molar-refractivity contribution in [3.63, 3.8) is 0 Å². The fourth-order valence-electron chi connectivity index (χ4n) is 2.05. The summed E-state index contributed by atoms with van der Waals surface area (Å²) in [6, 6.07) is 9.99. The Bertz CT molecular complexity index is 296. The molecule has 1 unspecified atom stereocenters. The maximum Gasteiger partial charge on any atom is 0.0725 e. The third-order valence-electron chi connectivity index (χ3n) is 2.90. The van der Waals surface area contributed by atoms with Crippen LogP contribution in [0.15, 0.2) is 30.3 Å². The molecule has 1 aliphatic rings. The zero-order valence-corrected chi connectivity index (χ0v) is 9.51. The fraction of sp³-hybridized carbons (Fsp3) is 0.538. The van der Waals surface area contributed by atoms with E-state index in [4.69, 9.17) is 4.74 Å². The first kappa shape index (κ1) is 11.6. The summed E-state index contributed by atoms with van der Waals surface area (Å²) in [5.41, 5.74) is 1.13. The molecular weight excluding hydrogens is 202 g/mol. The number of benzene rings is 1. The van der Waals surface area contributed by atoms with E-state index in [1.54, 1.807) is 0 Å². The van der Waals surface area contributed by atoms with Gasteiger partial charge in [0.2, 0.25) is 0 Å². The highest BCUT2D eigenvalue weighted by atomic mass is 16.5. The van der Waals surface area contributed by atoms with Crippen molar-refractivity contribution in [1.29, 1.82) is 0 Å². The summed E-state index contributed by atoms with van der Waals surface area (Å²) in [4.78, 5) is 0. The molecule has 3 nitrogen and oxygen atoms in total. The molecule has 0 bridgehead atoms. The van der Waals surface area contributed by atoms with Crippen LogP contribution in [0.25, 0.3) is 0 Å². The van der Waals surface area contributed by atoms with E-state index in [2.05, 4.69) is 0 Å². The number of hydrogen-bond acceptors (Lipinski definition) is 3. The highest BCUT2D eigenvalue weighted by molar-refractivity contribution is 5.14. The van der Waals surface area contributed by atoms with Gasteiger partial charge in [0.05, 0.1) is 12.6 Å². The zero-order chi connectivity index (χ0) is 11.2. The molecule has 0 amide bonds. The van der Waals surface area contributed by atoms with Crippen molar-refractivity contribution in [2.45, 2.75) is 31.9 Å². The van der Waals surface area contributed by atoms with Crippen molar-refractivity contribution in [3.8, 4) is 0 Å². The van der Waals surface area contributed by atoms with Crippen molar-refractivity contribution >= 4 is 0 Å². The Morgan fingerprint density at radius 2 is 2.06 bits per heavy atom. The zero-order valence-electron chi connectivity index (χ0n) is 9.51. The number of hydrogen-bond donors (Lipinski definition) is 1. The van der Waals surface area contributed by atoms with E-state index >= 15 is 0 Å². The Hall–Kier alpha value is -0.900. The van der Waals surface area contributed by atoms with Gasteiger partial charge in [0.15, 0.2) is 0 Å². The predicted octanol–water partition coefficient (Wildman–Crippen LogP) is 2.45. The van der Waals surface area contributed by atoms with Gasteiger partial charge in [0.1, 0.15) is 0 Å². The highest BCUT2D eigenvalue weighted by Gasteiger charge is 2.16. The van der Waals surface area contributed by atoms with E-state index in [-0.39, 0.29) is 6.10 Å². The van der Waals surface area contributed by atoms with Crippen LogP contribution in [-0.4, -0.2) is 29.5 Å². The van der Waals surface area contributed by atoms with Crippen LogP contribution >= 0.6 is 0 Å². The Kier molecular flexibility index (Phi) is 4.34. The van der Waals surface area contributed by atoms with Crippen LogP contribution < -0.4 is 0 Å². The second-order valence-corrected chi connectivity index (χ2v) is 4.32. The van der Waals surface area contributed by atoms with Gasteiger partial charge in [-0.1, -0.05) is 30.3 Å². The molecule has 0 aliphatic carbocycles. The number of hydroxylamine groups is 2. The molecule has 1 aromatic rings. The molecular formula is C13H19NO2. The van der Waals surface area contributed by atoms with E-state index in [0.717, 1.165) is 25.0 Å². The summed E-state index contributed by atoms with van der Waals surface area (Å²) in [7, 11) is 0. The Morgan fingerprint density at radius 1 is 1.25 bits per heavy atom. The lowest BCUT2D eigenvalue weighted by molar-refractivity contribution is -0.136. The second kappa shape index (κ2) is 5.99. The number of rotatable bonds is 4. The first-order valence-electron chi connectivity index (χ1n) is 5.94. The van der Waals surface area contributed by atoms with Gasteiger partial charge in [-0.25, -0.2) is 0 Å². The van der Waals surface area contributed by atoms with Crippen molar-refractivity contribution < 1.29 is 9.94 Å². The molecule has 2 rings (SSSR count). The van der Waals surface area contributed by atoms with Crippen molar-refractivity contribution in [2.24, 2.45) is 0 Å². The molecule has 0 aromatic heterocycles. The Morgan fingerprint density at radius 3 is 2.75 bits per heavy atom. The van der Waals surface area contributed by atoms with Gasteiger partial charge in [0, 0.05) is 13.2 Å². The lowest BCUT2D eigenvalue weighted by Gasteiger charge is -2.26.